The van der Waals surface area contributed by atoms with Crippen LogP contribution in [0.15, 0.2) is 42.5 Å². The molecule has 0 heterocycles. The number of amides is 1. The number of rotatable bonds is 10. The van der Waals surface area contributed by atoms with Gasteiger partial charge in [0.05, 0.1) is 13.0 Å². The first-order chi connectivity index (χ1) is 14.3. The summed E-state index contributed by atoms with van der Waals surface area (Å²) in [6.45, 7) is 3.91. The standard InChI is InChI=1S/C22H23F2NO5/c1-3-12-29-17-7-4-15(5-8-17)20(26)10-11-21(27)30-14(2)22(28)25-16-6-9-18(23)19(24)13-16/h4-9,13-14H,3,10-12H2,1-2H3,(H,25,28)/t14-/m0/s1. The van der Waals surface area contributed by atoms with Crippen LogP contribution in [-0.4, -0.2) is 30.4 Å². The molecule has 2 aromatic carbocycles. The minimum Gasteiger partial charge on any atom is -0.494 e. The lowest BCUT2D eigenvalue weighted by Gasteiger charge is -2.13. The van der Waals surface area contributed by atoms with E-state index in [4.69, 9.17) is 9.47 Å². The molecular weight excluding hydrogens is 396 g/mol. The van der Waals surface area contributed by atoms with Crippen molar-refractivity contribution < 1.29 is 32.6 Å². The van der Waals surface area contributed by atoms with E-state index >= 15 is 0 Å². The van der Waals surface area contributed by atoms with E-state index in [-0.39, 0.29) is 24.3 Å². The lowest BCUT2D eigenvalue weighted by atomic mass is 10.1. The SMILES string of the molecule is CCCOc1ccc(C(=O)CCC(=O)O[C@@H](C)C(=O)Nc2ccc(F)c(F)c2)cc1. The fraction of sp³-hybridized carbons (Fsp3) is 0.318. The molecule has 0 saturated heterocycles. The summed E-state index contributed by atoms with van der Waals surface area (Å²) in [7, 11) is 0. The van der Waals surface area contributed by atoms with E-state index in [0.717, 1.165) is 18.6 Å². The molecule has 1 atom stereocenters. The Bertz CT molecular complexity index is 899. The number of halogens is 2. The van der Waals surface area contributed by atoms with Crippen molar-refractivity contribution in [3.63, 3.8) is 0 Å². The molecule has 0 aliphatic rings. The Morgan fingerprint density at radius 3 is 2.33 bits per heavy atom. The molecule has 6 nitrogen and oxygen atoms in total. The zero-order valence-corrected chi connectivity index (χ0v) is 16.7. The van der Waals surface area contributed by atoms with Crippen molar-refractivity contribution in [1.29, 1.82) is 0 Å². The zero-order valence-electron chi connectivity index (χ0n) is 16.7. The van der Waals surface area contributed by atoms with Gasteiger partial charge in [-0.1, -0.05) is 6.92 Å². The number of anilines is 1. The van der Waals surface area contributed by atoms with Crippen molar-refractivity contribution in [3.05, 3.63) is 59.7 Å². The van der Waals surface area contributed by atoms with Crippen LogP contribution in [0, 0.1) is 11.6 Å². The topological polar surface area (TPSA) is 81.7 Å². The summed E-state index contributed by atoms with van der Waals surface area (Å²) in [6, 6.07) is 9.49. The average molecular weight is 419 g/mol. The second-order valence-electron chi connectivity index (χ2n) is 6.55. The van der Waals surface area contributed by atoms with Gasteiger partial charge in [-0.15, -0.1) is 0 Å². The van der Waals surface area contributed by atoms with Gasteiger partial charge in [-0.2, -0.15) is 0 Å². The maximum absolute atomic E-state index is 13.2. The molecule has 30 heavy (non-hydrogen) atoms. The fourth-order valence-corrected chi connectivity index (χ4v) is 2.44. The third-order valence-electron chi connectivity index (χ3n) is 4.07. The van der Waals surface area contributed by atoms with Crippen LogP contribution in [0.2, 0.25) is 0 Å². The van der Waals surface area contributed by atoms with Crippen molar-refractivity contribution in [1.82, 2.24) is 0 Å². The van der Waals surface area contributed by atoms with Crippen LogP contribution < -0.4 is 10.1 Å². The predicted octanol–water partition coefficient (Wildman–Crippen LogP) is 4.29. The summed E-state index contributed by atoms with van der Waals surface area (Å²) >= 11 is 0. The van der Waals surface area contributed by atoms with Crippen LogP contribution in [-0.2, 0) is 14.3 Å². The summed E-state index contributed by atoms with van der Waals surface area (Å²) in [5.41, 5.74) is 0.471. The predicted molar refractivity (Wildman–Crippen MR) is 106 cm³/mol. The van der Waals surface area contributed by atoms with E-state index in [1.165, 1.54) is 13.0 Å². The highest BCUT2D eigenvalue weighted by atomic mass is 19.2. The van der Waals surface area contributed by atoms with Gasteiger partial charge in [-0.3, -0.25) is 14.4 Å². The highest BCUT2D eigenvalue weighted by Gasteiger charge is 2.19. The van der Waals surface area contributed by atoms with Gasteiger partial charge in [0.2, 0.25) is 0 Å². The minimum atomic E-state index is -1.17. The Balaban J connectivity index is 1.79. The Labute approximate surface area is 173 Å². The summed E-state index contributed by atoms with van der Waals surface area (Å²) in [5, 5.41) is 2.32. The number of benzene rings is 2. The molecule has 8 heteroatoms. The molecule has 1 N–H and O–H groups in total. The van der Waals surface area contributed by atoms with Crippen LogP contribution in [0.25, 0.3) is 0 Å². The van der Waals surface area contributed by atoms with Crippen LogP contribution in [0.1, 0.15) is 43.5 Å². The molecule has 0 aliphatic carbocycles. The van der Waals surface area contributed by atoms with E-state index in [0.29, 0.717) is 17.9 Å². The maximum Gasteiger partial charge on any atom is 0.307 e. The molecule has 0 bridgehead atoms. The first kappa shape index (κ1) is 23.0. The molecule has 1 amide bonds. The van der Waals surface area contributed by atoms with E-state index in [1.54, 1.807) is 24.3 Å². The van der Waals surface area contributed by atoms with Crippen molar-refractivity contribution in [2.24, 2.45) is 0 Å². The van der Waals surface area contributed by atoms with Gasteiger partial charge in [-0.05, 0) is 49.7 Å². The number of carbonyl (C=O) groups excluding carboxylic acids is 3. The number of hydrogen-bond donors (Lipinski definition) is 1. The molecule has 2 aromatic rings. The Hall–Kier alpha value is -3.29. The molecular formula is C22H23F2NO5. The van der Waals surface area contributed by atoms with Gasteiger partial charge < -0.3 is 14.8 Å². The van der Waals surface area contributed by atoms with E-state index in [1.807, 2.05) is 6.92 Å². The van der Waals surface area contributed by atoms with Crippen molar-refractivity contribution >= 4 is 23.3 Å². The van der Waals surface area contributed by atoms with Crippen LogP contribution >= 0.6 is 0 Å². The highest BCUT2D eigenvalue weighted by Crippen LogP contribution is 2.16. The molecule has 0 aliphatic heterocycles. The summed E-state index contributed by atoms with van der Waals surface area (Å²) in [5.74, 6) is -3.16. The highest BCUT2D eigenvalue weighted by molar-refractivity contribution is 5.98. The average Bonchev–Trinajstić information content (AvgIpc) is 2.73. The van der Waals surface area contributed by atoms with Gasteiger partial charge in [0, 0.05) is 23.7 Å². The number of ketones is 1. The smallest absolute Gasteiger partial charge is 0.307 e. The molecule has 160 valence electrons. The lowest BCUT2D eigenvalue weighted by molar-refractivity contribution is -0.153. The zero-order chi connectivity index (χ0) is 22.1. The third-order valence-corrected chi connectivity index (χ3v) is 4.07. The van der Waals surface area contributed by atoms with Crippen LogP contribution in [0.3, 0.4) is 0 Å². The van der Waals surface area contributed by atoms with E-state index in [2.05, 4.69) is 5.32 Å². The molecule has 0 fully saturated rings. The molecule has 0 saturated carbocycles. The molecule has 0 unspecified atom stereocenters. The minimum absolute atomic E-state index is 0.0309. The number of hydrogen-bond acceptors (Lipinski definition) is 5. The van der Waals surface area contributed by atoms with Crippen molar-refractivity contribution in [2.75, 3.05) is 11.9 Å². The van der Waals surface area contributed by atoms with Gasteiger partial charge in [0.25, 0.3) is 5.91 Å². The van der Waals surface area contributed by atoms with Crippen molar-refractivity contribution in [2.45, 2.75) is 39.2 Å². The second kappa shape index (κ2) is 11.0. The number of nitrogens with one attached hydrogen (secondary N) is 1. The molecule has 2 rings (SSSR count). The molecule has 0 aromatic heterocycles. The monoisotopic (exact) mass is 419 g/mol. The van der Waals surface area contributed by atoms with Crippen LogP contribution in [0.5, 0.6) is 5.75 Å². The summed E-state index contributed by atoms with van der Waals surface area (Å²) in [6.07, 6.45) is -0.572. The molecule has 0 spiro atoms. The van der Waals surface area contributed by atoms with Gasteiger partial charge in [-0.25, -0.2) is 8.78 Å². The van der Waals surface area contributed by atoms with Gasteiger partial charge in [0.15, 0.2) is 23.5 Å². The van der Waals surface area contributed by atoms with Crippen molar-refractivity contribution in [3.8, 4) is 5.75 Å². The summed E-state index contributed by atoms with van der Waals surface area (Å²) in [4.78, 5) is 36.2. The quantitative estimate of drug-likeness (QED) is 0.459. The van der Waals surface area contributed by atoms with Gasteiger partial charge in [0.1, 0.15) is 5.75 Å². The lowest BCUT2D eigenvalue weighted by Crippen LogP contribution is -2.30. The Morgan fingerprint density at radius 1 is 1.00 bits per heavy atom. The normalized spacial score (nSPS) is 11.5. The second-order valence-corrected chi connectivity index (χ2v) is 6.55. The van der Waals surface area contributed by atoms with E-state index < -0.39 is 29.6 Å². The summed E-state index contributed by atoms with van der Waals surface area (Å²) < 4.78 is 36.5. The van der Waals surface area contributed by atoms with E-state index in [9.17, 15) is 23.2 Å². The Kier molecular flexibility index (Phi) is 8.46. The van der Waals surface area contributed by atoms with Gasteiger partial charge >= 0.3 is 5.97 Å². The third kappa shape index (κ3) is 6.95. The first-order valence-corrected chi connectivity index (χ1v) is 9.51. The fourth-order valence-electron chi connectivity index (χ4n) is 2.44. The number of carbonyl (C=O) groups is 3. The van der Waals surface area contributed by atoms with Crippen LogP contribution in [0.4, 0.5) is 14.5 Å². The first-order valence-electron chi connectivity index (χ1n) is 9.51. The Morgan fingerprint density at radius 2 is 1.70 bits per heavy atom. The largest absolute Gasteiger partial charge is 0.494 e. The maximum atomic E-state index is 13.2. The number of ether oxygens (including phenoxy) is 2. The molecule has 0 radical (unpaired) electrons. The number of esters is 1. The number of Topliss-reactive ketones (excluding diaryl/α,β-unsaturated/α-hetero) is 1.